The van der Waals surface area contributed by atoms with Crippen LogP contribution in [-0.2, 0) is 22.1 Å². The number of rotatable bonds is 8. The van der Waals surface area contributed by atoms with Gasteiger partial charge in [0.15, 0.2) is 0 Å². The highest BCUT2D eigenvalue weighted by Gasteiger charge is 2.23. The van der Waals surface area contributed by atoms with Crippen molar-refractivity contribution in [2.24, 2.45) is 0 Å². The van der Waals surface area contributed by atoms with Crippen LogP contribution in [0.25, 0.3) is 0 Å². The lowest BCUT2D eigenvalue weighted by molar-refractivity contribution is 0.0946. The molecule has 0 unspecified atom stereocenters. The van der Waals surface area contributed by atoms with Gasteiger partial charge in [-0.25, -0.2) is 8.42 Å². The number of nitrogens with one attached hydrogen (secondary N) is 1. The van der Waals surface area contributed by atoms with Crippen molar-refractivity contribution < 1.29 is 27.1 Å². The summed E-state index contributed by atoms with van der Waals surface area (Å²) >= 11 is 0. The molecule has 10 heteroatoms. The van der Waals surface area contributed by atoms with Crippen molar-refractivity contribution in [2.45, 2.75) is 17.5 Å². The van der Waals surface area contributed by atoms with Crippen molar-refractivity contribution in [1.29, 1.82) is 0 Å². The monoisotopic (exact) mass is 417 g/mol. The molecule has 3 aromatic rings. The number of aromatic nitrogens is 2. The molecule has 0 aliphatic heterocycles. The number of carbonyl (C=O) groups is 1. The fourth-order valence-corrected chi connectivity index (χ4v) is 3.63. The topological polar surface area (TPSA) is 121 Å². The van der Waals surface area contributed by atoms with Crippen LogP contribution in [0.3, 0.4) is 0 Å². The van der Waals surface area contributed by atoms with E-state index in [2.05, 4.69) is 15.5 Å². The van der Waals surface area contributed by atoms with E-state index in [0.717, 1.165) is 0 Å². The van der Waals surface area contributed by atoms with Crippen LogP contribution >= 0.6 is 0 Å². The Balaban J connectivity index is 1.67. The zero-order valence-electron chi connectivity index (χ0n) is 15.8. The number of nitrogens with zero attached hydrogens (tertiary/aromatic N) is 2. The lowest BCUT2D eigenvalue weighted by Crippen LogP contribution is -2.23. The van der Waals surface area contributed by atoms with Gasteiger partial charge in [0.2, 0.25) is 15.7 Å². The molecule has 0 fully saturated rings. The van der Waals surface area contributed by atoms with Crippen LogP contribution in [0.5, 0.6) is 11.5 Å². The molecule has 29 heavy (non-hydrogen) atoms. The quantitative estimate of drug-likeness (QED) is 0.591. The first-order valence-corrected chi connectivity index (χ1v) is 10.2. The lowest BCUT2D eigenvalue weighted by atomic mass is 10.2. The fourth-order valence-electron chi connectivity index (χ4n) is 2.49. The van der Waals surface area contributed by atoms with Crippen LogP contribution in [0.15, 0.2) is 58.2 Å². The van der Waals surface area contributed by atoms with Crippen LogP contribution in [-0.4, -0.2) is 38.7 Å². The summed E-state index contributed by atoms with van der Waals surface area (Å²) in [4.78, 5) is 12.4. The number of hydrogen-bond acceptors (Lipinski definition) is 8. The Bertz CT molecular complexity index is 1070. The molecule has 9 nitrogen and oxygen atoms in total. The fraction of sp³-hybridized carbons (Fsp3) is 0.211. The SMILES string of the molecule is COc1cc(OC)cc(C(=O)NCc2nnc(S(=O)(=O)Cc3ccccc3)o2)c1. The predicted octanol–water partition coefficient (Wildman–Crippen LogP) is 1.99. The van der Waals surface area contributed by atoms with Gasteiger partial charge in [-0.3, -0.25) is 4.79 Å². The first-order chi connectivity index (χ1) is 13.9. The summed E-state index contributed by atoms with van der Waals surface area (Å²) < 4.78 is 40.3. The van der Waals surface area contributed by atoms with Crippen molar-refractivity contribution in [3.8, 4) is 11.5 Å². The van der Waals surface area contributed by atoms with Gasteiger partial charge >= 0.3 is 5.22 Å². The molecular weight excluding hydrogens is 398 g/mol. The van der Waals surface area contributed by atoms with Crippen LogP contribution in [0.2, 0.25) is 0 Å². The van der Waals surface area contributed by atoms with Crippen LogP contribution < -0.4 is 14.8 Å². The third kappa shape index (κ3) is 5.11. The highest BCUT2D eigenvalue weighted by molar-refractivity contribution is 7.90. The molecule has 0 radical (unpaired) electrons. The Morgan fingerprint density at radius 1 is 1.03 bits per heavy atom. The van der Waals surface area contributed by atoms with Gasteiger partial charge in [-0.05, 0) is 17.7 Å². The van der Waals surface area contributed by atoms with Crippen molar-refractivity contribution in [3.05, 3.63) is 65.5 Å². The summed E-state index contributed by atoms with van der Waals surface area (Å²) in [5.74, 6) is 0.197. The first kappa shape index (κ1) is 20.3. The van der Waals surface area contributed by atoms with E-state index < -0.39 is 21.0 Å². The molecule has 0 atom stereocenters. The Morgan fingerprint density at radius 3 is 2.31 bits per heavy atom. The van der Waals surface area contributed by atoms with Gasteiger partial charge in [-0.15, -0.1) is 5.10 Å². The Hall–Kier alpha value is -3.40. The second kappa shape index (κ2) is 8.74. The second-order valence-electron chi connectivity index (χ2n) is 5.99. The molecule has 0 spiro atoms. The van der Waals surface area contributed by atoms with E-state index in [1.54, 1.807) is 48.5 Å². The van der Waals surface area contributed by atoms with Crippen LogP contribution in [0, 0.1) is 0 Å². The highest BCUT2D eigenvalue weighted by atomic mass is 32.2. The minimum atomic E-state index is -3.79. The van der Waals surface area contributed by atoms with E-state index >= 15 is 0 Å². The molecule has 2 aromatic carbocycles. The maximum absolute atomic E-state index is 12.4. The van der Waals surface area contributed by atoms with E-state index in [4.69, 9.17) is 13.9 Å². The van der Waals surface area contributed by atoms with Gasteiger partial charge in [0.05, 0.1) is 26.5 Å². The molecule has 1 aromatic heterocycles. The molecule has 0 saturated heterocycles. The van der Waals surface area contributed by atoms with Crippen molar-refractivity contribution >= 4 is 15.7 Å². The smallest absolute Gasteiger partial charge is 0.335 e. The largest absolute Gasteiger partial charge is 0.497 e. The van der Waals surface area contributed by atoms with Gasteiger partial charge in [0.1, 0.15) is 11.5 Å². The molecule has 1 amide bonds. The van der Waals surface area contributed by atoms with Crippen LogP contribution in [0.1, 0.15) is 21.8 Å². The van der Waals surface area contributed by atoms with E-state index in [0.29, 0.717) is 22.6 Å². The number of sulfone groups is 1. The molecule has 1 N–H and O–H groups in total. The van der Waals surface area contributed by atoms with Gasteiger partial charge in [-0.2, -0.15) is 0 Å². The average molecular weight is 417 g/mol. The highest BCUT2D eigenvalue weighted by Crippen LogP contribution is 2.22. The predicted molar refractivity (Wildman–Crippen MR) is 102 cm³/mol. The molecule has 0 aliphatic carbocycles. The Morgan fingerprint density at radius 2 is 1.69 bits per heavy atom. The number of benzene rings is 2. The summed E-state index contributed by atoms with van der Waals surface area (Å²) in [5, 5.41) is 9.39. The molecule has 0 bridgehead atoms. The molecule has 0 saturated carbocycles. The molecule has 1 heterocycles. The molecular formula is C19H19N3O6S. The van der Waals surface area contributed by atoms with Gasteiger partial charge in [-0.1, -0.05) is 35.4 Å². The minimum Gasteiger partial charge on any atom is -0.497 e. The maximum atomic E-state index is 12.4. The van der Waals surface area contributed by atoms with Crippen molar-refractivity contribution in [1.82, 2.24) is 15.5 Å². The number of ether oxygens (including phenoxy) is 2. The molecule has 152 valence electrons. The first-order valence-electron chi connectivity index (χ1n) is 8.51. The lowest BCUT2D eigenvalue weighted by Gasteiger charge is -2.08. The summed E-state index contributed by atoms with van der Waals surface area (Å²) in [6.07, 6.45) is 0. The zero-order valence-corrected chi connectivity index (χ0v) is 16.6. The summed E-state index contributed by atoms with van der Waals surface area (Å²) in [6, 6.07) is 13.4. The van der Waals surface area contributed by atoms with Gasteiger partial charge in [0, 0.05) is 11.6 Å². The second-order valence-corrected chi connectivity index (χ2v) is 7.86. The number of methoxy groups -OCH3 is 2. The molecule has 3 rings (SSSR count). The third-order valence-corrected chi connectivity index (χ3v) is 5.34. The van der Waals surface area contributed by atoms with Gasteiger partial charge < -0.3 is 19.2 Å². The van der Waals surface area contributed by atoms with Crippen molar-refractivity contribution in [3.63, 3.8) is 0 Å². The minimum absolute atomic E-state index is 0.0279. The summed E-state index contributed by atoms with van der Waals surface area (Å²) in [5.41, 5.74) is 0.908. The third-order valence-electron chi connectivity index (χ3n) is 3.93. The van der Waals surface area contributed by atoms with E-state index in [1.165, 1.54) is 14.2 Å². The van der Waals surface area contributed by atoms with Crippen LogP contribution in [0.4, 0.5) is 0 Å². The Labute approximate surface area is 167 Å². The Kier molecular flexibility index (Phi) is 6.13. The normalized spacial score (nSPS) is 11.1. The van der Waals surface area contributed by atoms with E-state index in [1.807, 2.05) is 0 Å². The zero-order chi connectivity index (χ0) is 20.9. The maximum Gasteiger partial charge on any atom is 0.335 e. The van der Waals surface area contributed by atoms with Crippen molar-refractivity contribution in [2.75, 3.05) is 14.2 Å². The van der Waals surface area contributed by atoms with E-state index in [-0.39, 0.29) is 18.2 Å². The van der Waals surface area contributed by atoms with E-state index in [9.17, 15) is 13.2 Å². The standard InChI is InChI=1S/C19H19N3O6S/c1-26-15-8-14(9-16(10-15)27-2)18(23)20-11-17-21-22-19(28-17)29(24,25)12-13-6-4-3-5-7-13/h3-10H,11-12H2,1-2H3,(H,20,23). The van der Waals surface area contributed by atoms with Gasteiger partial charge in [0.25, 0.3) is 5.91 Å². The average Bonchev–Trinajstić information content (AvgIpc) is 3.22. The molecule has 0 aliphatic rings. The summed E-state index contributed by atoms with van der Waals surface area (Å²) in [6.45, 7) is -0.133. The number of carbonyl (C=O) groups excluding carboxylic acids is 1. The number of hydrogen-bond donors (Lipinski definition) is 1. The number of amides is 1. The summed E-state index contributed by atoms with van der Waals surface area (Å²) in [7, 11) is -0.830.